The van der Waals surface area contributed by atoms with E-state index in [1.165, 1.54) is 29.4 Å². The van der Waals surface area contributed by atoms with Crippen LogP contribution < -0.4 is 5.32 Å². The molecule has 0 spiro atoms. The van der Waals surface area contributed by atoms with Crippen molar-refractivity contribution < 1.29 is 14.3 Å². The van der Waals surface area contributed by atoms with E-state index in [9.17, 15) is 9.59 Å². The molecule has 0 atom stereocenters. The molecule has 2 heterocycles. The zero-order chi connectivity index (χ0) is 19.9. The highest BCUT2D eigenvalue weighted by molar-refractivity contribution is 7.99. The van der Waals surface area contributed by atoms with Crippen LogP contribution in [0.2, 0.25) is 0 Å². The summed E-state index contributed by atoms with van der Waals surface area (Å²) in [6.45, 7) is 3.89. The van der Waals surface area contributed by atoms with Gasteiger partial charge in [0.15, 0.2) is 0 Å². The molecule has 0 radical (unpaired) electrons. The molecule has 8 heteroatoms. The number of rotatable bonds is 7. The Kier molecular flexibility index (Phi) is 6.78. The standard InChI is InChI=1S/C20H19N3O3S2/c1-3-26-20(25)15-10-16(14-7-5-4-6-8-14)28-19(15)23-17(24)11-27-18-9-13(2)21-12-22-18/h4-10,12H,3,11H2,1-2H3,(H,23,24). The summed E-state index contributed by atoms with van der Waals surface area (Å²) in [6.07, 6.45) is 1.47. The molecule has 3 aromatic rings. The molecule has 0 aliphatic carbocycles. The number of hydrogen-bond donors (Lipinski definition) is 1. The van der Waals surface area contributed by atoms with Crippen molar-refractivity contribution in [2.45, 2.75) is 18.9 Å². The third-order valence-electron chi connectivity index (χ3n) is 3.67. The molecule has 1 N–H and O–H groups in total. The number of amides is 1. The van der Waals surface area contributed by atoms with Gasteiger partial charge in [-0.1, -0.05) is 42.1 Å². The average molecular weight is 414 g/mol. The zero-order valence-corrected chi connectivity index (χ0v) is 17.1. The minimum atomic E-state index is -0.449. The molecule has 1 amide bonds. The van der Waals surface area contributed by atoms with Crippen LogP contribution in [-0.4, -0.2) is 34.2 Å². The van der Waals surface area contributed by atoms with Gasteiger partial charge < -0.3 is 10.1 Å². The molecule has 2 aromatic heterocycles. The Hall–Kier alpha value is -2.71. The number of esters is 1. The van der Waals surface area contributed by atoms with Crippen LogP contribution in [0.25, 0.3) is 10.4 Å². The normalized spacial score (nSPS) is 10.5. The van der Waals surface area contributed by atoms with E-state index in [4.69, 9.17) is 4.74 Å². The molecule has 0 bridgehead atoms. The second-order valence-electron chi connectivity index (χ2n) is 5.77. The maximum atomic E-state index is 12.4. The molecular weight excluding hydrogens is 394 g/mol. The Morgan fingerprint density at radius 1 is 1.18 bits per heavy atom. The predicted molar refractivity (Wildman–Crippen MR) is 112 cm³/mol. The van der Waals surface area contributed by atoms with E-state index in [2.05, 4.69) is 15.3 Å². The molecule has 0 fully saturated rings. The van der Waals surface area contributed by atoms with Crippen molar-refractivity contribution in [3.8, 4) is 10.4 Å². The van der Waals surface area contributed by atoms with Crippen LogP contribution in [0.15, 0.2) is 53.8 Å². The number of carbonyl (C=O) groups is 2. The highest BCUT2D eigenvalue weighted by Crippen LogP contribution is 2.36. The summed E-state index contributed by atoms with van der Waals surface area (Å²) in [6, 6.07) is 13.3. The van der Waals surface area contributed by atoms with Crippen LogP contribution in [0.3, 0.4) is 0 Å². The zero-order valence-electron chi connectivity index (χ0n) is 15.5. The van der Waals surface area contributed by atoms with Crippen molar-refractivity contribution in [1.29, 1.82) is 0 Å². The molecule has 0 aliphatic rings. The van der Waals surface area contributed by atoms with Crippen LogP contribution in [0.5, 0.6) is 0 Å². The van der Waals surface area contributed by atoms with Crippen molar-refractivity contribution in [2.75, 3.05) is 17.7 Å². The fourth-order valence-corrected chi connectivity index (χ4v) is 4.19. The van der Waals surface area contributed by atoms with Gasteiger partial charge >= 0.3 is 5.97 Å². The Morgan fingerprint density at radius 2 is 1.96 bits per heavy atom. The van der Waals surface area contributed by atoms with Gasteiger partial charge in [-0.25, -0.2) is 14.8 Å². The molecule has 0 aliphatic heterocycles. The molecule has 28 heavy (non-hydrogen) atoms. The van der Waals surface area contributed by atoms with Crippen molar-refractivity contribution >= 4 is 40.0 Å². The molecule has 0 saturated carbocycles. The summed E-state index contributed by atoms with van der Waals surface area (Å²) in [4.78, 5) is 33.8. The lowest BCUT2D eigenvalue weighted by Gasteiger charge is -2.06. The van der Waals surface area contributed by atoms with Crippen LogP contribution in [0, 0.1) is 6.92 Å². The first-order chi connectivity index (χ1) is 13.6. The minimum absolute atomic E-state index is 0.178. The number of thioether (sulfide) groups is 1. The fourth-order valence-electron chi connectivity index (χ4n) is 2.40. The van der Waals surface area contributed by atoms with Crippen LogP contribution >= 0.6 is 23.1 Å². The van der Waals surface area contributed by atoms with Gasteiger partial charge in [-0.3, -0.25) is 4.79 Å². The second kappa shape index (κ2) is 9.48. The van der Waals surface area contributed by atoms with Crippen molar-refractivity contribution in [1.82, 2.24) is 9.97 Å². The van der Waals surface area contributed by atoms with Gasteiger partial charge in [-0.2, -0.15) is 0 Å². The Labute approximate surface area is 171 Å². The summed E-state index contributed by atoms with van der Waals surface area (Å²) >= 11 is 2.67. The quantitative estimate of drug-likeness (QED) is 0.351. The second-order valence-corrected chi connectivity index (χ2v) is 7.82. The van der Waals surface area contributed by atoms with Crippen LogP contribution in [0.1, 0.15) is 23.0 Å². The average Bonchev–Trinajstić information content (AvgIpc) is 3.11. The number of anilines is 1. The predicted octanol–water partition coefficient (Wildman–Crippen LogP) is 4.42. The molecular formula is C20H19N3O3S2. The van der Waals surface area contributed by atoms with Gasteiger partial charge in [0.05, 0.1) is 17.9 Å². The van der Waals surface area contributed by atoms with Crippen molar-refractivity contribution in [2.24, 2.45) is 0 Å². The van der Waals surface area contributed by atoms with Gasteiger partial charge in [0.2, 0.25) is 5.91 Å². The first kappa shape index (κ1) is 20.0. The van der Waals surface area contributed by atoms with Gasteiger partial charge in [0, 0.05) is 10.6 Å². The Morgan fingerprint density at radius 3 is 2.68 bits per heavy atom. The highest BCUT2D eigenvalue weighted by atomic mass is 32.2. The SMILES string of the molecule is CCOC(=O)c1cc(-c2ccccc2)sc1NC(=O)CSc1cc(C)ncn1. The van der Waals surface area contributed by atoms with Gasteiger partial charge in [0.1, 0.15) is 16.4 Å². The molecule has 0 unspecified atom stereocenters. The van der Waals surface area contributed by atoms with E-state index in [-0.39, 0.29) is 18.3 Å². The van der Waals surface area contributed by atoms with E-state index in [0.29, 0.717) is 10.6 Å². The number of aryl methyl sites for hydroxylation is 1. The summed E-state index contributed by atoms with van der Waals surface area (Å²) in [5, 5.41) is 4.05. The molecule has 6 nitrogen and oxygen atoms in total. The Balaban J connectivity index is 1.76. The lowest BCUT2D eigenvalue weighted by atomic mass is 10.1. The third kappa shape index (κ3) is 5.17. The number of aromatic nitrogens is 2. The minimum Gasteiger partial charge on any atom is -0.462 e. The van der Waals surface area contributed by atoms with E-state index in [0.717, 1.165) is 21.2 Å². The number of carbonyl (C=O) groups excluding carboxylic acids is 2. The van der Waals surface area contributed by atoms with E-state index >= 15 is 0 Å². The van der Waals surface area contributed by atoms with Crippen molar-refractivity contribution in [3.05, 3.63) is 60.0 Å². The maximum Gasteiger partial charge on any atom is 0.341 e. The Bertz CT molecular complexity index is 974. The number of nitrogens with zero attached hydrogens (tertiary/aromatic N) is 2. The first-order valence-electron chi connectivity index (χ1n) is 8.64. The van der Waals surface area contributed by atoms with Gasteiger partial charge in [0.25, 0.3) is 0 Å². The monoisotopic (exact) mass is 413 g/mol. The molecule has 144 valence electrons. The van der Waals surface area contributed by atoms with Gasteiger partial charge in [-0.05, 0) is 31.5 Å². The first-order valence-corrected chi connectivity index (χ1v) is 10.4. The highest BCUT2D eigenvalue weighted by Gasteiger charge is 2.20. The van der Waals surface area contributed by atoms with E-state index < -0.39 is 5.97 Å². The maximum absolute atomic E-state index is 12.4. The summed E-state index contributed by atoms with van der Waals surface area (Å²) in [5.41, 5.74) is 2.18. The largest absolute Gasteiger partial charge is 0.462 e. The number of nitrogens with one attached hydrogen (secondary N) is 1. The smallest absolute Gasteiger partial charge is 0.341 e. The number of hydrogen-bond acceptors (Lipinski definition) is 7. The van der Waals surface area contributed by atoms with Gasteiger partial charge in [-0.15, -0.1) is 11.3 Å². The number of thiophene rings is 1. The van der Waals surface area contributed by atoms with E-state index in [1.807, 2.05) is 43.3 Å². The molecule has 3 rings (SSSR count). The molecule has 1 aromatic carbocycles. The number of benzene rings is 1. The third-order valence-corrected chi connectivity index (χ3v) is 5.69. The van der Waals surface area contributed by atoms with Crippen LogP contribution in [0.4, 0.5) is 5.00 Å². The lowest BCUT2D eigenvalue weighted by molar-refractivity contribution is -0.113. The topological polar surface area (TPSA) is 81.2 Å². The van der Waals surface area contributed by atoms with E-state index in [1.54, 1.807) is 13.0 Å². The summed E-state index contributed by atoms with van der Waals surface area (Å²) < 4.78 is 5.14. The van der Waals surface area contributed by atoms with Crippen LogP contribution in [-0.2, 0) is 9.53 Å². The summed E-state index contributed by atoms with van der Waals surface area (Å²) in [7, 11) is 0. The number of ether oxygens (including phenoxy) is 1. The summed E-state index contributed by atoms with van der Waals surface area (Å²) in [5.74, 6) is -0.485. The molecule has 0 saturated heterocycles. The fraction of sp³-hybridized carbons (Fsp3) is 0.200. The lowest BCUT2D eigenvalue weighted by Crippen LogP contribution is -2.16. The van der Waals surface area contributed by atoms with Crippen molar-refractivity contribution in [3.63, 3.8) is 0 Å².